The number of fused-ring (bicyclic) bond motifs is 1. The zero-order valence-corrected chi connectivity index (χ0v) is 12.6. The maximum absolute atomic E-state index is 12.4. The molecule has 0 aliphatic carbocycles. The molecule has 4 nitrogen and oxygen atoms in total. The van der Waals surface area contributed by atoms with Crippen molar-refractivity contribution in [1.29, 1.82) is 0 Å². The van der Waals surface area contributed by atoms with Gasteiger partial charge < -0.3 is 10.5 Å². The van der Waals surface area contributed by atoms with Crippen molar-refractivity contribution in [2.45, 2.75) is 45.6 Å². The van der Waals surface area contributed by atoms with Crippen LogP contribution in [0.25, 0.3) is 0 Å². The number of carbonyl (C=O) groups is 1. The van der Waals surface area contributed by atoms with Crippen molar-refractivity contribution in [2.75, 3.05) is 18.0 Å². The predicted octanol–water partition coefficient (Wildman–Crippen LogP) is 2.88. The largest absolute Gasteiger partial charge is 0.443 e. The van der Waals surface area contributed by atoms with Crippen molar-refractivity contribution in [3.8, 4) is 0 Å². The molecule has 1 amide bonds. The lowest BCUT2D eigenvalue weighted by Gasteiger charge is -2.33. The minimum absolute atomic E-state index is 0.261. The number of nitrogens with two attached hydrogens (primary N) is 1. The van der Waals surface area contributed by atoms with E-state index in [1.165, 1.54) is 5.56 Å². The number of amides is 1. The van der Waals surface area contributed by atoms with Gasteiger partial charge in [0.1, 0.15) is 5.60 Å². The minimum Gasteiger partial charge on any atom is -0.443 e. The van der Waals surface area contributed by atoms with Gasteiger partial charge >= 0.3 is 6.09 Å². The number of hydrogen-bond donors (Lipinski definition) is 1. The van der Waals surface area contributed by atoms with Crippen molar-refractivity contribution in [2.24, 2.45) is 5.73 Å². The van der Waals surface area contributed by atoms with E-state index in [1.54, 1.807) is 4.90 Å². The fraction of sp³-hybridized carbons (Fsp3) is 0.562. The van der Waals surface area contributed by atoms with Crippen LogP contribution in [-0.4, -0.2) is 24.8 Å². The number of nitrogens with zero attached hydrogens (tertiary/aromatic N) is 1. The van der Waals surface area contributed by atoms with E-state index in [9.17, 15) is 4.79 Å². The van der Waals surface area contributed by atoms with Crippen LogP contribution in [0.4, 0.5) is 10.5 Å². The molecule has 1 aromatic rings. The summed E-state index contributed by atoms with van der Waals surface area (Å²) in [6.45, 7) is 6.97. The molecule has 1 aliphatic heterocycles. The maximum atomic E-state index is 12.4. The van der Waals surface area contributed by atoms with Crippen LogP contribution < -0.4 is 10.6 Å². The standard InChI is InChI=1S/C16H24N2O2/c1-16(2,3)20-15(19)18-11-5-8-12-6-4-7-13(9-10-17)14(12)18/h4,6-7H,5,8-11,17H2,1-3H3. The lowest BCUT2D eigenvalue weighted by Crippen LogP contribution is -2.40. The van der Waals surface area contributed by atoms with Gasteiger partial charge in [-0.2, -0.15) is 0 Å². The fourth-order valence-electron chi connectivity index (χ4n) is 2.59. The molecule has 110 valence electrons. The molecule has 0 saturated carbocycles. The Hall–Kier alpha value is -1.55. The Bertz CT molecular complexity index is 492. The highest BCUT2D eigenvalue weighted by molar-refractivity contribution is 5.90. The van der Waals surface area contributed by atoms with Gasteiger partial charge in [0, 0.05) is 6.54 Å². The zero-order chi connectivity index (χ0) is 14.8. The lowest BCUT2D eigenvalue weighted by molar-refractivity contribution is 0.0577. The summed E-state index contributed by atoms with van der Waals surface area (Å²) in [5.74, 6) is 0. The second-order valence-corrected chi connectivity index (χ2v) is 6.20. The summed E-state index contributed by atoms with van der Waals surface area (Å²) in [5, 5.41) is 0. The van der Waals surface area contributed by atoms with Crippen LogP contribution >= 0.6 is 0 Å². The van der Waals surface area contributed by atoms with Crippen molar-refractivity contribution in [3.05, 3.63) is 29.3 Å². The first kappa shape index (κ1) is 14.9. The molecular weight excluding hydrogens is 252 g/mol. The first-order valence-corrected chi connectivity index (χ1v) is 7.24. The van der Waals surface area contributed by atoms with E-state index >= 15 is 0 Å². The topological polar surface area (TPSA) is 55.6 Å². The second-order valence-electron chi connectivity index (χ2n) is 6.20. The molecule has 0 spiro atoms. The zero-order valence-electron chi connectivity index (χ0n) is 12.6. The van der Waals surface area contributed by atoms with E-state index in [0.717, 1.165) is 30.5 Å². The van der Waals surface area contributed by atoms with Gasteiger partial charge in [0.25, 0.3) is 0 Å². The molecular formula is C16H24N2O2. The third kappa shape index (κ3) is 3.31. The van der Waals surface area contributed by atoms with E-state index in [1.807, 2.05) is 32.9 Å². The molecule has 0 saturated heterocycles. The third-order valence-corrected chi connectivity index (χ3v) is 3.33. The fourth-order valence-corrected chi connectivity index (χ4v) is 2.59. The van der Waals surface area contributed by atoms with E-state index < -0.39 is 5.60 Å². The summed E-state index contributed by atoms with van der Waals surface area (Å²) >= 11 is 0. The smallest absolute Gasteiger partial charge is 0.414 e. The summed E-state index contributed by atoms with van der Waals surface area (Å²) < 4.78 is 5.52. The number of rotatable bonds is 2. The highest BCUT2D eigenvalue weighted by Crippen LogP contribution is 2.32. The van der Waals surface area contributed by atoms with Gasteiger partial charge in [0.15, 0.2) is 0 Å². The first-order valence-electron chi connectivity index (χ1n) is 7.24. The van der Waals surface area contributed by atoms with E-state index in [-0.39, 0.29) is 6.09 Å². The van der Waals surface area contributed by atoms with Crippen molar-refractivity contribution in [1.82, 2.24) is 0 Å². The van der Waals surface area contributed by atoms with E-state index in [0.29, 0.717) is 13.1 Å². The molecule has 20 heavy (non-hydrogen) atoms. The van der Waals surface area contributed by atoms with Gasteiger partial charge in [0.05, 0.1) is 5.69 Å². The highest BCUT2D eigenvalue weighted by Gasteiger charge is 2.28. The monoisotopic (exact) mass is 276 g/mol. The number of anilines is 1. The first-order chi connectivity index (χ1) is 9.42. The highest BCUT2D eigenvalue weighted by atomic mass is 16.6. The number of ether oxygens (including phenoxy) is 1. The molecule has 0 unspecified atom stereocenters. The molecule has 1 aromatic carbocycles. The number of benzene rings is 1. The average Bonchev–Trinajstić information content (AvgIpc) is 2.36. The number of carbonyl (C=O) groups excluding carboxylic acids is 1. The van der Waals surface area contributed by atoms with Gasteiger partial charge in [0.2, 0.25) is 0 Å². The van der Waals surface area contributed by atoms with Crippen LogP contribution in [0, 0.1) is 0 Å². The average molecular weight is 276 g/mol. The van der Waals surface area contributed by atoms with Gasteiger partial charge in [-0.1, -0.05) is 18.2 Å². The Labute approximate surface area is 120 Å². The molecule has 4 heteroatoms. The summed E-state index contributed by atoms with van der Waals surface area (Å²) in [6, 6.07) is 6.18. The lowest BCUT2D eigenvalue weighted by atomic mass is 9.96. The van der Waals surface area contributed by atoms with Gasteiger partial charge in [-0.15, -0.1) is 0 Å². The SMILES string of the molecule is CC(C)(C)OC(=O)N1CCCc2cccc(CCN)c21. The Kier molecular flexibility index (Phi) is 4.33. The summed E-state index contributed by atoms with van der Waals surface area (Å²) in [7, 11) is 0. The number of para-hydroxylation sites is 1. The molecule has 0 radical (unpaired) electrons. The summed E-state index contributed by atoms with van der Waals surface area (Å²) in [4.78, 5) is 14.2. The normalized spacial score (nSPS) is 14.9. The minimum atomic E-state index is -0.475. The Morgan fingerprint density at radius 1 is 1.40 bits per heavy atom. The molecule has 0 bridgehead atoms. The Morgan fingerprint density at radius 3 is 2.80 bits per heavy atom. The van der Waals surface area contributed by atoms with Crippen molar-refractivity contribution in [3.63, 3.8) is 0 Å². The molecule has 1 aliphatic rings. The Morgan fingerprint density at radius 2 is 2.15 bits per heavy atom. The molecule has 1 heterocycles. The quantitative estimate of drug-likeness (QED) is 0.903. The van der Waals surface area contributed by atoms with Crippen molar-refractivity contribution < 1.29 is 9.53 Å². The predicted molar refractivity (Wildman–Crippen MR) is 81.1 cm³/mol. The summed E-state index contributed by atoms with van der Waals surface area (Å²) in [5.41, 5.74) is 8.57. The van der Waals surface area contributed by atoms with Gasteiger partial charge in [-0.05, 0) is 57.7 Å². The molecule has 0 aromatic heterocycles. The Balaban J connectivity index is 2.33. The van der Waals surface area contributed by atoms with Crippen molar-refractivity contribution >= 4 is 11.8 Å². The number of aryl methyl sites for hydroxylation is 1. The van der Waals surface area contributed by atoms with E-state index in [4.69, 9.17) is 10.5 Å². The molecule has 2 N–H and O–H groups in total. The third-order valence-electron chi connectivity index (χ3n) is 3.33. The molecule has 0 atom stereocenters. The van der Waals surface area contributed by atoms with Gasteiger partial charge in [-0.25, -0.2) is 4.79 Å². The van der Waals surface area contributed by atoms with Crippen LogP contribution in [0.15, 0.2) is 18.2 Å². The number of hydrogen-bond acceptors (Lipinski definition) is 3. The molecule has 2 rings (SSSR count). The summed E-state index contributed by atoms with van der Waals surface area (Å²) in [6.07, 6.45) is 2.50. The van der Waals surface area contributed by atoms with Crippen LogP contribution in [0.2, 0.25) is 0 Å². The van der Waals surface area contributed by atoms with Crippen LogP contribution in [-0.2, 0) is 17.6 Å². The molecule has 0 fully saturated rings. The maximum Gasteiger partial charge on any atom is 0.414 e. The van der Waals surface area contributed by atoms with Crippen LogP contribution in [0.1, 0.15) is 38.3 Å². The van der Waals surface area contributed by atoms with Crippen LogP contribution in [0.5, 0.6) is 0 Å². The van der Waals surface area contributed by atoms with Crippen LogP contribution in [0.3, 0.4) is 0 Å². The van der Waals surface area contributed by atoms with Gasteiger partial charge in [-0.3, -0.25) is 4.90 Å². The van der Waals surface area contributed by atoms with E-state index in [2.05, 4.69) is 6.07 Å². The second kappa shape index (κ2) is 5.83.